The largest absolute Gasteiger partial charge is 0.369 e. The summed E-state index contributed by atoms with van der Waals surface area (Å²) in [7, 11) is 0. The summed E-state index contributed by atoms with van der Waals surface area (Å²) in [5, 5.41) is 5.66. The molecule has 0 amide bonds. The summed E-state index contributed by atoms with van der Waals surface area (Å²) in [6.45, 7) is 0.439. The number of hydrogen-bond donors (Lipinski definition) is 0. The van der Waals surface area contributed by atoms with Gasteiger partial charge in [-0.15, -0.1) is 0 Å². The average molecular weight is 342 g/mol. The fourth-order valence-corrected chi connectivity index (χ4v) is 4.81. The van der Waals surface area contributed by atoms with Crippen molar-refractivity contribution in [1.82, 2.24) is 0 Å². The van der Waals surface area contributed by atoms with Gasteiger partial charge in [0.2, 0.25) is 2.88 Å². The van der Waals surface area contributed by atoms with Crippen molar-refractivity contribution >= 4 is 11.3 Å². The lowest BCUT2D eigenvalue weighted by molar-refractivity contribution is -0.591. The van der Waals surface area contributed by atoms with Gasteiger partial charge in [-0.2, -0.15) is 0 Å². The van der Waals surface area contributed by atoms with E-state index in [9.17, 15) is 0 Å². The molecule has 0 radical (unpaired) electrons. The first-order chi connectivity index (χ1) is 7.88. The SMILES string of the molecule is [N-]=[N+]=NCc1ccc([I+]c2cccs2)cc1. The summed E-state index contributed by atoms with van der Waals surface area (Å²) >= 11 is 1.77. The molecule has 80 valence electrons. The molecule has 2 aromatic rings. The van der Waals surface area contributed by atoms with Gasteiger partial charge in [-0.05, 0) is 34.7 Å². The Bertz CT molecular complexity index is 486. The van der Waals surface area contributed by atoms with Crippen molar-refractivity contribution in [2.75, 3.05) is 0 Å². The number of hydrogen-bond acceptors (Lipinski definition) is 2. The highest BCUT2D eigenvalue weighted by Gasteiger charge is 2.15. The number of benzene rings is 1. The van der Waals surface area contributed by atoms with Crippen molar-refractivity contribution in [3.8, 4) is 0 Å². The maximum atomic E-state index is 8.22. The third-order valence-electron chi connectivity index (χ3n) is 1.92. The molecule has 2 rings (SSSR count). The molecule has 0 atom stereocenters. The maximum Gasteiger partial charge on any atom is 0.369 e. The topological polar surface area (TPSA) is 48.8 Å². The molecule has 1 heterocycles. The standard InChI is InChI=1S/C11H9IN3S/c13-15-14-8-9-3-5-10(6-4-9)12-11-2-1-7-16-11/h1-7H,8H2/q+1. The molecule has 1 aromatic carbocycles. The summed E-state index contributed by atoms with van der Waals surface area (Å²) in [5.74, 6) is 0. The van der Waals surface area contributed by atoms with E-state index in [1.165, 1.54) is 6.45 Å². The average Bonchev–Trinajstić information content (AvgIpc) is 2.81. The molecule has 0 fully saturated rings. The number of rotatable bonds is 4. The lowest BCUT2D eigenvalue weighted by Gasteiger charge is -1.92. The van der Waals surface area contributed by atoms with Gasteiger partial charge in [-0.1, -0.05) is 28.6 Å². The van der Waals surface area contributed by atoms with Gasteiger partial charge in [0.15, 0.2) is 3.57 Å². The molecule has 0 saturated carbocycles. The lowest BCUT2D eigenvalue weighted by Crippen LogP contribution is -3.61. The Hall–Kier alpha value is -1.04. The Morgan fingerprint density at radius 2 is 2.06 bits per heavy atom. The van der Waals surface area contributed by atoms with E-state index >= 15 is 0 Å². The first kappa shape index (κ1) is 11.4. The molecule has 5 heteroatoms. The van der Waals surface area contributed by atoms with Crippen molar-refractivity contribution in [2.45, 2.75) is 6.54 Å². The van der Waals surface area contributed by atoms with E-state index < -0.39 is 0 Å². The molecule has 0 aliphatic rings. The van der Waals surface area contributed by atoms with Crippen molar-refractivity contribution in [2.24, 2.45) is 5.11 Å². The Morgan fingerprint density at radius 3 is 2.69 bits per heavy atom. The normalized spacial score (nSPS) is 9.75. The zero-order valence-corrected chi connectivity index (χ0v) is 11.4. The zero-order chi connectivity index (χ0) is 11.2. The van der Waals surface area contributed by atoms with Crippen LogP contribution in [0.25, 0.3) is 10.4 Å². The minimum absolute atomic E-state index is 0.0450. The Kier molecular flexibility index (Phi) is 4.21. The van der Waals surface area contributed by atoms with Gasteiger partial charge in [0.25, 0.3) is 0 Å². The van der Waals surface area contributed by atoms with Crippen LogP contribution in [-0.4, -0.2) is 0 Å². The van der Waals surface area contributed by atoms with E-state index in [4.69, 9.17) is 5.53 Å². The van der Waals surface area contributed by atoms with Crippen molar-refractivity contribution in [3.63, 3.8) is 0 Å². The van der Waals surface area contributed by atoms with E-state index in [2.05, 4.69) is 39.7 Å². The van der Waals surface area contributed by atoms with Crippen LogP contribution in [0.4, 0.5) is 0 Å². The van der Waals surface area contributed by atoms with E-state index in [1.54, 1.807) is 0 Å². The minimum atomic E-state index is -0.0450. The molecular formula is C11H9IN3S+. The molecule has 0 aliphatic carbocycles. The van der Waals surface area contributed by atoms with Crippen LogP contribution in [0, 0.1) is 6.45 Å². The Balaban J connectivity index is 2.04. The smallest absolute Gasteiger partial charge is 0.0963 e. The van der Waals surface area contributed by atoms with Crippen LogP contribution in [0.5, 0.6) is 0 Å². The highest BCUT2D eigenvalue weighted by Crippen LogP contribution is 2.00. The monoisotopic (exact) mass is 342 g/mol. The van der Waals surface area contributed by atoms with Gasteiger partial charge >= 0.3 is 21.2 Å². The van der Waals surface area contributed by atoms with Gasteiger partial charge in [-0.3, -0.25) is 0 Å². The molecule has 3 nitrogen and oxygen atoms in total. The molecule has 0 saturated heterocycles. The molecule has 0 bridgehead atoms. The second-order valence-electron chi connectivity index (χ2n) is 3.03. The van der Waals surface area contributed by atoms with Crippen LogP contribution in [0.15, 0.2) is 46.9 Å². The molecule has 1 aromatic heterocycles. The van der Waals surface area contributed by atoms with Gasteiger partial charge in [-0.25, -0.2) is 0 Å². The number of nitrogens with zero attached hydrogens (tertiary/aromatic N) is 3. The maximum absolute atomic E-state index is 8.22. The van der Waals surface area contributed by atoms with Crippen molar-refractivity contribution < 1.29 is 21.2 Å². The molecule has 0 spiro atoms. The molecule has 0 unspecified atom stereocenters. The van der Waals surface area contributed by atoms with E-state index in [1.807, 2.05) is 23.5 Å². The number of thiophene rings is 1. The first-order valence-corrected chi connectivity index (χ1v) is 7.70. The summed E-state index contributed by atoms with van der Waals surface area (Å²) in [6, 6.07) is 12.6. The molecule has 0 aliphatic heterocycles. The van der Waals surface area contributed by atoms with E-state index in [0.717, 1.165) is 5.56 Å². The molecular weight excluding hydrogens is 333 g/mol. The predicted octanol–water partition coefficient (Wildman–Crippen LogP) is 0.687. The minimum Gasteiger partial charge on any atom is -0.0963 e. The van der Waals surface area contributed by atoms with Gasteiger partial charge in [0.05, 0.1) is 6.54 Å². The van der Waals surface area contributed by atoms with Crippen LogP contribution < -0.4 is 21.2 Å². The van der Waals surface area contributed by atoms with Crippen LogP contribution in [0.3, 0.4) is 0 Å². The van der Waals surface area contributed by atoms with E-state index in [-0.39, 0.29) is 21.2 Å². The Labute approximate surface area is 108 Å². The van der Waals surface area contributed by atoms with Crippen LogP contribution in [0.1, 0.15) is 5.56 Å². The predicted molar refractivity (Wildman–Crippen MR) is 61.0 cm³/mol. The highest BCUT2D eigenvalue weighted by atomic mass is 127. The fourth-order valence-electron chi connectivity index (χ4n) is 1.19. The molecule has 0 N–H and O–H groups in total. The van der Waals surface area contributed by atoms with Crippen molar-refractivity contribution in [3.05, 3.63) is 64.2 Å². The summed E-state index contributed by atoms with van der Waals surface area (Å²) in [4.78, 5) is 2.75. The van der Waals surface area contributed by atoms with Gasteiger partial charge in [0.1, 0.15) is 0 Å². The van der Waals surface area contributed by atoms with Crippen molar-refractivity contribution in [1.29, 1.82) is 0 Å². The fraction of sp³-hybridized carbons (Fsp3) is 0.0909. The first-order valence-electron chi connectivity index (χ1n) is 4.66. The summed E-state index contributed by atoms with van der Waals surface area (Å²) in [5.41, 5.74) is 9.28. The second-order valence-corrected chi connectivity index (χ2v) is 7.65. The number of azide groups is 1. The highest BCUT2D eigenvalue weighted by molar-refractivity contribution is 7.07. The third-order valence-corrected chi connectivity index (χ3v) is 6.09. The van der Waals surface area contributed by atoms with Crippen LogP contribution in [-0.2, 0) is 6.54 Å². The number of halogens is 1. The van der Waals surface area contributed by atoms with Gasteiger partial charge < -0.3 is 0 Å². The Morgan fingerprint density at radius 1 is 1.25 bits per heavy atom. The quantitative estimate of drug-likeness (QED) is 0.340. The van der Waals surface area contributed by atoms with Crippen LogP contribution >= 0.6 is 11.3 Å². The van der Waals surface area contributed by atoms with Gasteiger partial charge in [0, 0.05) is 11.0 Å². The second kappa shape index (κ2) is 5.89. The zero-order valence-electron chi connectivity index (χ0n) is 8.38. The molecule has 16 heavy (non-hydrogen) atoms. The third kappa shape index (κ3) is 3.23. The summed E-state index contributed by atoms with van der Waals surface area (Å²) < 4.78 is 2.87. The summed E-state index contributed by atoms with van der Waals surface area (Å²) in [6.07, 6.45) is 0. The van der Waals surface area contributed by atoms with E-state index in [0.29, 0.717) is 6.54 Å². The lowest BCUT2D eigenvalue weighted by atomic mass is 10.2. The van der Waals surface area contributed by atoms with Crippen LogP contribution in [0.2, 0.25) is 0 Å².